The molecule has 2 heterocycles. The van der Waals surface area contributed by atoms with Crippen molar-refractivity contribution in [1.29, 1.82) is 0 Å². The van der Waals surface area contributed by atoms with Crippen LogP contribution in [0.15, 0.2) is 16.9 Å². The second kappa shape index (κ2) is 5.59. The van der Waals surface area contributed by atoms with E-state index in [4.69, 9.17) is 0 Å². The minimum atomic E-state index is 0.762. The van der Waals surface area contributed by atoms with Crippen molar-refractivity contribution in [1.82, 2.24) is 15.3 Å². The van der Waals surface area contributed by atoms with Crippen molar-refractivity contribution < 1.29 is 0 Å². The highest BCUT2D eigenvalue weighted by molar-refractivity contribution is 9.10. The minimum Gasteiger partial charge on any atom is -0.344 e. The summed E-state index contributed by atoms with van der Waals surface area (Å²) in [7, 11) is 2.06. The fraction of sp³-hybridized carbons (Fsp3) is 0.636. The molecule has 1 N–H and O–H groups in total. The molecule has 0 aliphatic carbocycles. The Labute approximate surface area is 105 Å². The summed E-state index contributed by atoms with van der Waals surface area (Å²) in [6.07, 6.45) is 6.09. The van der Waals surface area contributed by atoms with Crippen LogP contribution in [0.25, 0.3) is 0 Å². The standard InChI is InChI=1S/C11H17BrN4/c1-16(8-9-2-4-13-5-3-9)11-14-6-10(12)7-15-11/h6-7,9,13H,2-5,8H2,1H3. The number of rotatable bonds is 3. The number of anilines is 1. The first kappa shape index (κ1) is 11.8. The molecule has 5 heteroatoms. The summed E-state index contributed by atoms with van der Waals surface area (Å²) in [5, 5.41) is 3.38. The fourth-order valence-corrected chi connectivity index (χ4v) is 2.24. The van der Waals surface area contributed by atoms with E-state index in [0.717, 1.165) is 36.0 Å². The van der Waals surface area contributed by atoms with Gasteiger partial charge in [0.2, 0.25) is 5.95 Å². The van der Waals surface area contributed by atoms with Gasteiger partial charge in [0.25, 0.3) is 0 Å². The number of nitrogens with zero attached hydrogens (tertiary/aromatic N) is 3. The fourth-order valence-electron chi connectivity index (χ4n) is 2.04. The lowest BCUT2D eigenvalue weighted by Gasteiger charge is -2.27. The predicted octanol–water partition coefficient (Wildman–Crippen LogP) is 1.67. The topological polar surface area (TPSA) is 41.0 Å². The zero-order valence-corrected chi connectivity index (χ0v) is 11.1. The highest BCUT2D eigenvalue weighted by Gasteiger charge is 2.16. The summed E-state index contributed by atoms with van der Waals surface area (Å²) in [5.74, 6) is 1.57. The van der Waals surface area contributed by atoms with Crippen molar-refractivity contribution in [2.24, 2.45) is 5.92 Å². The molecule has 0 aromatic carbocycles. The van der Waals surface area contributed by atoms with E-state index in [1.165, 1.54) is 12.8 Å². The van der Waals surface area contributed by atoms with Gasteiger partial charge in [0.15, 0.2) is 0 Å². The molecular formula is C11H17BrN4. The molecule has 0 unspecified atom stereocenters. The van der Waals surface area contributed by atoms with Crippen LogP contribution in [0.1, 0.15) is 12.8 Å². The largest absolute Gasteiger partial charge is 0.344 e. The number of nitrogens with one attached hydrogen (secondary N) is 1. The van der Waals surface area contributed by atoms with Crippen LogP contribution in [0, 0.1) is 5.92 Å². The molecule has 1 aromatic heterocycles. The molecule has 1 saturated heterocycles. The van der Waals surface area contributed by atoms with E-state index < -0.39 is 0 Å². The molecule has 0 atom stereocenters. The van der Waals surface area contributed by atoms with Crippen LogP contribution >= 0.6 is 15.9 Å². The normalized spacial score (nSPS) is 17.4. The summed E-state index contributed by atoms with van der Waals surface area (Å²) in [5.41, 5.74) is 0. The van der Waals surface area contributed by atoms with Gasteiger partial charge in [0.1, 0.15) is 0 Å². The van der Waals surface area contributed by atoms with Gasteiger partial charge in [0, 0.05) is 26.0 Å². The Morgan fingerprint density at radius 3 is 2.62 bits per heavy atom. The molecule has 0 spiro atoms. The summed E-state index contributed by atoms with van der Waals surface area (Å²) in [6, 6.07) is 0. The maximum atomic E-state index is 4.30. The van der Waals surface area contributed by atoms with E-state index in [2.05, 4.69) is 43.2 Å². The minimum absolute atomic E-state index is 0.762. The Balaban J connectivity index is 1.91. The van der Waals surface area contributed by atoms with Gasteiger partial charge in [-0.1, -0.05) is 0 Å². The van der Waals surface area contributed by atoms with Gasteiger partial charge in [-0.25, -0.2) is 9.97 Å². The SMILES string of the molecule is CN(CC1CCNCC1)c1ncc(Br)cn1. The van der Waals surface area contributed by atoms with Crippen molar-refractivity contribution in [2.75, 3.05) is 31.6 Å². The molecule has 16 heavy (non-hydrogen) atoms. The Hall–Kier alpha value is -0.680. The summed E-state index contributed by atoms with van der Waals surface area (Å²) >= 11 is 3.34. The maximum Gasteiger partial charge on any atom is 0.225 e. The van der Waals surface area contributed by atoms with Crippen LogP contribution in [0.5, 0.6) is 0 Å². The first-order valence-corrected chi connectivity index (χ1v) is 6.44. The zero-order valence-electron chi connectivity index (χ0n) is 9.49. The van der Waals surface area contributed by atoms with Crippen molar-refractivity contribution in [3.63, 3.8) is 0 Å². The van der Waals surface area contributed by atoms with Crippen molar-refractivity contribution in [3.8, 4) is 0 Å². The summed E-state index contributed by atoms with van der Waals surface area (Å²) < 4.78 is 0.923. The van der Waals surface area contributed by atoms with Crippen LogP contribution in [-0.2, 0) is 0 Å². The lowest BCUT2D eigenvalue weighted by atomic mass is 9.98. The predicted molar refractivity (Wildman–Crippen MR) is 68.6 cm³/mol. The van der Waals surface area contributed by atoms with Crippen LogP contribution in [0.4, 0.5) is 5.95 Å². The molecule has 0 amide bonds. The van der Waals surface area contributed by atoms with Crippen molar-refractivity contribution in [2.45, 2.75) is 12.8 Å². The molecular weight excluding hydrogens is 268 g/mol. The molecule has 4 nitrogen and oxygen atoms in total. The lowest BCUT2D eigenvalue weighted by Crippen LogP contribution is -2.35. The zero-order chi connectivity index (χ0) is 11.4. The molecule has 1 aliphatic rings. The first-order chi connectivity index (χ1) is 7.75. The van der Waals surface area contributed by atoms with Gasteiger partial charge in [-0.15, -0.1) is 0 Å². The Kier molecular flexibility index (Phi) is 4.12. The highest BCUT2D eigenvalue weighted by Crippen LogP contribution is 2.16. The van der Waals surface area contributed by atoms with E-state index in [9.17, 15) is 0 Å². The quantitative estimate of drug-likeness (QED) is 0.917. The van der Waals surface area contributed by atoms with Crippen molar-refractivity contribution in [3.05, 3.63) is 16.9 Å². The number of hydrogen-bond acceptors (Lipinski definition) is 4. The lowest BCUT2D eigenvalue weighted by molar-refractivity contribution is 0.377. The number of halogens is 1. The van der Waals surface area contributed by atoms with Crippen molar-refractivity contribution >= 4 is 21.9 Å². The molecule has 0 bridgehead atoms. The van der Waals surface area contributed by atoms with Gasteiger partial charge >= 0.3 is 0 Å². The summed E-state index contributed by atoms with van der Waals surface area (Å²) in [4.78, 5) is 10.7. The van der Waals surface area contributed by atoms with E-state index in [1.54, 1.807) is 12.4 Å². The molecule has 88 valence electrons. The third-order valence-electron chi connectivity index (χ3n) is 2.94. The third-order valence-corrected chi connectivity index (χ3v) is 3.35. The number of aromatic nitrogens is 2. The summed E-state index contributed by atoms with van der Waals surface area (Å²) in [6.45, 7) is 3.32. The van der Waals surface area contributed by atoms with Gasteiger partial charge in [0.05, 0.1) is 4.47 Å². The highest BCUT2D eigenvalue weighted by atomic mass is 79.9. The monoisotopic (exact) mass is 284 g/mol. The average Bonchev–Trinajstić information content (AvgIpc) is 2.31. The Morgan fingerprint density at radius 2 is 2.00 bits per heavy atom. The van der Waals surface area contributed by atoms with Gasteiger partial charge in [-0.2, -0.15) is 0 Å². The van der Waals surface area contributed by atoms with Crippen LogP contribution in [0.2, 0.25) is 0 Å². The number of piperidine rings is 1. The maximum absolute atomic E-state index is 4.30. The van der Waals surface area contributed by atoms with Crippen LogP contribution in [0.3, 0.4) is 0 Å². The first-order valence-electron chi connectivity index (χ1n) is 5.65. The van der Waals surface area contributed by atoms with Crippen LogP contribution in [-0.4, -0.2) is 36.6 Å². The molecule has 1 fully saturated rings. The van der Waals surface area contributed by atoms with Crippen LogP contribution < -0.4 is 10.2 Å². The molecule has 0 radical (unpaired) electrons. The smallest absolute Gasteiger partial charge is 0.225 e. The molecule has 0 saturated carbocycles. The third kappa shape index (κ3) is 3.15. The second-order valence-corrected chi connectivity index (χ2v) is 5.19. The Morgan fingerprint density at radius 1 is 1.38 bits per heavy atom. The molecule has 1 aromatic rings. The second-order valence-electron chi connectivity index (χ2n) is 4.28. The Bertz CT molecular complexity index is 321. The van der Waals surface area contributed by atoms with Gasteiger partial charge in [-0.05, 0) is 47.8 Å². The average molecular weight is 285 g/mol. The number of hydrogen-bond donors (Lipinski definition) is 1. The van der Waals surface area contributed by atoms with E-state index >= 15 is 0 Å². The van der Waals surface area contributed by atoms with Gasteiger partial charge < -0.3 is 10.2 Å². The van der Waals surface area contributed by atoms with E-state index in [0.29, 0.717) is 0 Å². The van der Waals surface area contributed by atoms with Gasteiger partial charge in [-0.3, -0.25) is 0 Å². The molecule has 1 aliphatic heterocycles. The van der Waals surface area contributed by atoms with E-state index in [1.807, 2.05) is 0 Å². The molecule has 2 rings (SSSR count). The van der Waals surface area contributed by atoms with E-state index in [-0.39, 0.29) is 0 Å².